The van der Waals surface area contributed by atoms with Gasteiger partial charge in [-0.2, -0.15) is 0 Å². The summed E-state index contributed by atoms with van der Waals surface area (Å²) in [4.78, 5) is 40.9. The second kappa shape index (κ2) is 9.43. The van der Waals surface area contributed by atoms with Crippen LogP contribution >= 0.6 is 11.6 Å². The number of amides is 3. The van der Waals surface area contributed by atoms with Crippen molar-refractivity contribution in [2.75, 3.05) is 13.1 Å². The molecule has 2 aliphatic heterocycles. The minimum atomic E-state index is -0.231. The molecule has 3 aromatic rings. The highest BCUT2D eigenvalue weighted by molar-refractivity contribution is 6.30. The van der Waals surface area contributed by atoms with E-state index >= 15 is 0 Å². The van der Waals surface area contributed by atoms with Gasteiger partial charge in [0.1, 0.15) is 0 Å². The summed E-state index contributed by atoms with van der Waals surface area (Å²) in [5.41, 5.74) is 3.68. The van der Waals surface area contributed by atoms with Crippen LogP contribution < -0.4 is 0 Å². The number of hydrogen-bond donors (Lipinski definition) is 0. The van der Waals surface area contributed by atoms with Crippen LogP contribution in [0.15, 0.2) is 53.1 Å². The summed E-state index contributed by atoms with van der Waals surface area (Å²) in [5, 5.41) is 4.85. The quantitative estimate of drug-likeness (QED) is 0.362. The van der Waals surface area contributed by atoms with Crippen LogP contribution in [0.2, 0.25) is 5.02 Å². The van der Waals surface area contributed by atoms with Crippen molar-refractivity contribution in [3.8, 4) is 11.3 Å². The molecule has 0 saturated carbocycles. The fraction of sp³-hybridized carbons (Fsp3) is 0.308. The van der Waals surface area contributed by atoms with E-state index in [0.717, 1.165) is 23.2 Å². The number of carbonyl (C=O) groups excluding carboxylic acids is 3. The van der Waals surface area contributed by atoms with Gasteiger partial charge in [0, 0.05) is 42.1 Å². The van der Waals surface area contributed by atoms with Crippen molar-refractivity contribution in [1.82, 2.24) is 15.0 Å². The van der Waals surface area contributed by atoms with E-state index in [2.05, 4.69) is 5.16 Å². The zero-order chi connectivity index (χ0) is 23.7. The number of halogens is 1. The highest BCUT2D eigenvalue weighted by Gasteiger charge is 2.34. The zero-order valence-electron chi connectivity index (χ0n) is 18.6. The Hall–Kier alpha value is -3.45. The van der Waals surface area contributed by atoms with Gasteiger partial charge in [0.05, 0.1) is 23.4 Å². The van der Waals surface area contributed by atoms with Gasteiger partial charge in [-0.05, 0) is 49.2 Å². The molecule has 0 spiro atoms. The first-order chi connectivity index (χ1) is 16.5. The predicted molar refractivity (Wildman–Crippen MR) is 126 cm³/mol. The van der Waals surface area contributed by atoms with Gasteiger partial charge in [-0.3, -0.25) is 19.3 Å². The van der Waals surface area contributed by atoms with Gasteiger partial charge in [0.15, 0.2) is 5.76 Å². The Morgan fingerprint density at radius 2 is 1.68 bits per heavy atom. The molecule has 1 aromatic heterocycles. The van der Waals surface area contributed by atoms with Crippen LogP contribution in [-0.4, -0.2) is 45.8 Å². The lowest BCUT2D eigenvalue weighted by Crippen LogP contribution is -2.35. The van der Waals surface area contributed by atoms with E-state index in [0.29, 0.717) is 67.2 Å². The number of nitrogens with zero attached hydrogens (tertiary/aromatic N) is 3. The number of fused-ring (bicyclic) bond motifs is 2. The molecule has 0 bridgehead atoms. The Morgan fingerprint density at radius 1 is 0.971 bits per heavy atom. The minimum Gasteiger partial charge on any atom is -0.356 e. The molecule has 3 amide bonds. The summed E-state index contributed by atoms with van der Waals surface area (Å²) in [6.07, 6.45) is 3.24. The maximum atomic E-state index is 12.8. The van der Waals surface area contributed by atoms with Crippen molar-refractivity contribution in [2.45, 2.75) is 38.6 Å². The molecule has 2 aromatic carbocycles. The molecule has 2 aliphatic rings. The van der Waals surface area contributed by atoms with E-state index in [9.17, 15) is 14.4 Å². The largest absolute Gasteiger partial charge is 0.356 e. The lowest BCUT2D eigenvalue weighted by molar-refractivity contribution is -0.132. The SMILES string of the molecule is O=C(CCCCCN1C(=O)c2ccccc2C1=O)N1CCc2noc(-c3ccc(Cl)cc3)c2C1. The van der Waals surface area contributed by atoms with E-state index in [1.807, 2.05) is 17.0 Å². The first kappa shape index (κ1) is 22.3. The lowest BCUT2D eigenvalue weighted by Gasteiger charge is -2.26. The van der Waals surface area contributed by atoms with Gasteiger partial charge in [-0.25, -0.2) is 0 Å². The van der Waals surface area contributed by atoms with E-state index < -0.39 is 0 Å². The minimum absolute atomic E-state index is 0.0923. The van der Waals surface area contributed by atoms with Gasteiger partial charge in [-0.15, -0.1) is 0 Å². The van der Waals surface area contributed by atoms with Gasteiger partial charge in [-0.1, -0.05) is 35.3 Å². The standard InChI is InChI=1S/C26H24ClN3O4/c27-18-11-9-17(10-12-18)24-21-16-29(15-13-22(21)28-34-24)23(31)8-2-1-5-14-30-25(32)19-6-3-4-7-20(19)26(30)33/h3-4,6-7,9-12H,1-2,5,8,13-16H2. The smallest absolute Gasteiger partial charge is 0.261 e. The molecule has 3 heterocycles. The van der Waals surface area contributed by atoms with Gasteiger partial charge < -0.3 is 9.42 Å². The number of imide groups is 1. The highest BCUT2D eigenvalue weighted by atomic mass is 35.5. The summed E-state index contributed by atoms with van der Waals surface area (Å²) in [6, 6.07) is 14.3. The Bertz CT molecular complexity index is 1220. The maximum absolute atomic E-state index is 12.8. The molecule has 0 saturated heterocycles. The third-order valence-corrected chi connectivity index (χ3v) is 6.70. The van der Waals surface area contributed by atoms with Crippen LogP contribution in [0.25, 0.3) is 11.3 Å². The van der Waals surface area contributed by atoms with Crippen molar-refractivity contribution in [3.05, 3.63) is 75.9 Å². The Kier molecular flexibility index (Phi) is 6.20. The van der Waals surface area contributed by atoms with Crippen LogP contribution in [0.4, 0.5) is 0 Å². The summed E-state index contributed by atoms with van der Waals surface area (Å²) >= 11 is 5.99. The van der Waals surface area contributed by atoms with Crippen molar-refractivity contribution in [2.24, 2.45) is 0 Å². The molecule has 0 fully saturated rings. The lowest BCUT2D eigenvalue weighted by atomic mass is 10.0. The molecule has 0 N–H and O–H groups in total. The molecule has 5 rings (SSSR count). The molecular formula is C26H24ClN3O4. The summed E-state index contributed by atoms with van der Waals surface area (Å²) in [5.74, 6) is 0.316. The third kappa shape index (κ3) is 4.23. The van der Waals surface area contributed by atoms with Crippen molar-refractivity contribution in [3.63, 3.8) is 0 Å². The number of carbonyl (C=O) groups is 3. The molecule has 0 aliphatic carbocycles. The van der Waals surface area contributed by atoms with Gasteiger partial charge in [0.2, 0.25) is 5.91 Å². The third-order valence-electron chi connectivity index (χ3n) is 6.45. The highest BCUT2D eigenvalue weighted by Crippen LogP contribution is 2.31. The van der Waals surface area contributed by atoms with Crippen LogP contribution in [0.3, 0.4) is 0 Å². The van der Waals surface area contributed by atoms with Crippen molar-refractivity contribution < 1.29 is 18.9 Å². The molecule has 7 nitrogen and oxygen atoms in total. The maximum Gasteiger partial charge on any atom is 0.261 e. The molecule has 34 heavy (non-hydrogen) atoms. The number of hydrogen-bond acceptors (Lipinski definition) is 5. The molecule has 0 unspecified atom stereocenters. The Morgan fingerprint density at radius 3 is 2.38 bits per heavy atom. The van der Waals surface area contributed by atoms with Crippen LogP contribution in [0, 0.1) is 0 Å². The first-order valence-corrected chi connectivity index (χ1v) is 11.9. The van der Waals surface area contributed by atoms with Crippen molar-refractivity contribution in [1.29, 1.82) is 0 Å². The van der Waals surface area contributed by atoms with Crippen LogP contribution in [0.5, 0.6) is 0 Å². The Labute approximate surface area is 202 Å². The van der Waals surface area contributed by atoms with Gasteiger partial charge in [0.25, 0.3) is 11.8 Å². The first-order valence-electron chi connectivity index (χ1n) is 11.5. The van der Waals surface area contributed by atoms with E-state index in [-0.39, 0.29) is 17.7 Å². The topological polar surface area (TPSA) is 83.7 Å². The predicted octanol–water partition coefficient (Wildman–Crippen LogP) is 4.74. The molecular weight excluding hydrogens is 454 g/mol. The average molecular weight is 478 g/mol. The summed E-state index contributed by atoms with van der Waals surface area (Å²) in [7, 11) is 0. The average Bonchev–Trinajstić information content (AvgIpc) is 3.38. The number of aromatic nitrogens is 1. The van der Waals surface area contributed by atoms with Gasteiger partial charge >= 0.3 is 0 Å². The molecule has 8 heteroatoms. The Balaban J connectivity index is 1.11. The molecule has 0 radical (unpaired) electrons. The normalized spacial score (nSPS) is 15.0. The second-order valence-corrected chi connectivity index (χ2v) is 9.06. The zero-order valence-corrected chi connectivity index (χ0v) is 19.4. The fourth-order valence-corrected chi connectivity index (χ4v) is 4.70. The van der Waals surface area contributed by atoms with Crippen LogP contribution in [0.1, 0.15) is 57.7 Å². The van der Waals surface area contributed by atoms with Crippen LogP contribution in [-0.2, 0) is 17.8 Å². The van der Waals surface area contributed by atoms with E-state index in [1.165, 1.54) is 4.90 Å². The number of benzene rings is 2. The summed E-state index contributed by atoms with van der Waals surface area (Å²) in [6.45, 7) is 1.47. The molecule has 0 atom stereocenters. The van der Waals surface area contributed by atoms with E-state index in [4.69, 9.17) is 16.1 Å². The monoisotopic (exact) mass is 477 g/mol. The fourth-order valence-electron chi connectivity index (χ4n) is 4.58. The number of unbranched alkanes of at least 4 members (excludes halogenated alkanes) is 2. The molecule has 174 valence electrons. The second-order valence-electron chi connectivity index (χ2n) is 8.63. The summed E-state index contributed by atoms with van der Waals surface area (Å²) < 4.78 is 5.58. The van der Waals surface area contributed by atoms with Crippen molar-refractivity contribution >= 4 is 29.3 Å². The van der Waals surface area contributed by atoms with E-state index in [1.54, 1.807) is 36.4 Å². The number of rotatable bonds is 7.